The van der Waals surface area contributed by atoms with Crippen molar-refractivity contribution in [2.24, 2.45) is 0 Å². The van der Waals surface area contributed by atoms with E-state index in [0.29, 0.717) is 6.61 Å². The van der Waals surface area contributed by atoms with Crippen LogP contribution in [0, 0.1) is 0 Å². The maximum absolute atomic E-state index is 15.2. The van der Waals surface area contributed by atoms with Gasteiger partial charge in [0.2, 0.25) is 5.91 Å². The molecule has 1 unspecified atom stereocenters. The average Bonchev–Trinajstić information content (AvgIpc) is 2.72. The van der Waals surface area contributed by atoms with Crippen LogP contribution in [-0.4, -0.2) is 48.3 Å². The minimum absolute atomic E-state index is 0.0505. The Morgan fingerprint density at radius 1 is 1.07 bits per heavy atom. The summed E-state index contributed by atoms with van der Waals surface area (Å²) in [5.41, 5.74) is 1.81. The Bertz CT molecular complexity index is 760. The minimum atomic E-state index is -1.59. The van der Waals surface area contributed by atoms with Crippen LogP contribution in [0.4, 0.5) is 4.39 Å². The van der Waals surface area contributed by atoms with Crippen molar-refractivity contribution in [3.05, 3.63) is 71.8 Å². The summed E-state index contributed by atoms with van der Waals surface area (Å²) in [6, 6.07) is 17.8. The van der Waals surface area contributed by atoms with E-state index in [0.717, 1.165) is 11.1 Å². The Balaban J connectivity index is 1.64. The van der Waals surface area contributed by atoms with E-state index in [1.54, 1.807) is 0 Å². The van der Waals surface area contributed by atoms with Crippen molar-refractivity contribution in [3.63, 3.8) is 0 Å². The standard InChI is InChI=1S/C22H26FNO5/c1-15(25)24-20-21(28-13-17-10-6-3-7-11-17)19(23)18(29-22(20)26)14-27-12-16-8-4-2-5-9-16/h2-11,18-22,26H,12-14H2,1H3,(H,24,25)/t18-,19+,20?,21+,22+/m1/s1. The molecule has 0 saturated carbocycles. The summed E-state index contributed by atoms with van der Waals surface area (Å²) in [6.07, 6.45) is -5.08. The molecule has 1 aliphatic heterocycles. The topological polar surface area (TPSA) is 77.0 Å². The van der Waals surface area contributed by atoms with Gasteiger partial charge in [0, 0.05) is 6.92 Å². The van der Waals surface area contributed by atoms with Crippen molar-refractivity contribution in [2.45, 2.75) is 50.8 Å². The molecule has 1 fully saturated rings. The van der Waals surface area contributed by atoms with Gasteiger partial charge in [0.1, 0.15) is 18.2 Å². The van der Waals surface area contributed by atoms with Crippen molar-refractivity contribution in [1.82, 2.24) is 5.32 Å². The Labute approximate surface area is 169 Å². The molecule has 7 heteroatoms. The van der Waals surface area contributed by atoms with Gasteiger partial charge in [-0.15, -0.1) is 0 Å². The van der Waals surface area contributed by atoms with E-state index in [9.17, 15) is 9.90 Å². The predicted molar refractivity (Wildman–Crippen MR) is 104 cm³/mol. The lowest BCUT2D eigenvalue weighted by Gasteiger charge is -2.41. The monoisotopic (exact) mass is 403 g/mol. The number of hydrogen-bond donors (Lipinski definition) is 2. The SMILES string of the molecule is CC(=O)NC1[C@@H](OCc2ccccc2)[C@@H](F)[C@@H](COCc2ccccc2)O[C@@H]1O. The summed E-state index contributed by atoms with van der Waals surface area (Å²) < 4.78 is 32.0. The molecule has 0 aromatic heterocycles. The molecule has 1 saturated heterocycles. The molecule has 0 aliphatic carbocycles. The number of halogens is 1. The minimum Gasteiger partial charge on any atom is -0.374 e. The lowest BCUT2D eigenvalue weighted by atomic mass is 9.97. The second-order valence-electron chi connectivity index (χ2n) is 7.00. The number of ether oxygens (including phenoxy) is 3. The number of benzene rings is 2. The van der Waals surface area contributed by atoms with Crippen LogP contribution < -0.4 is 5.32 Å². The number of hydrogen-bond acceptors (Lipinski definition) is 5. The van der Waals surface area contributed by atoms with Crippen molar-refractivity contribution < 1.29 is 28.5 Å². The Hall–Kier alpha value is -2.32. The number of aliphatic hydroxyl groups is 1. The van der Waals surface area contributed by atoms with Crippen LogP contribution >= 0.6 is 0 Å². The quantitative estimate of drug-likeness (QED) is 0.708. The second-order valence-corrected chi connectivity index (χ2v) is 7.00. The van der Waals surface area contributed by atoms with Crippen molar-refractivity contribution in [2.75, 3.05) is 6.61 Å². The van der Waals surface area contributed by atoms with Crippen molar-refractivity contribution in [1.29, 1.82) is 0 Å². The van der Waals surface area contributed by atoms with Crippen LogP contribution in [0.3, 0.4) is 0 Å². The third-order valence-corrected chi connectivity index (χ3v) is 4.69. The van der Waals surface area contributed by atoms with Crippen LogP contribution in [-0.2, 0) is 32.2 Å². The first kappa shape index (κ1) is 21.4. The molecule has 2 aromatic rings. The van der Waals surface area contributed by atoms with Crippen LogP contribution in [0.15, 0.2) is 60.7 Å². The highest BCUT2D eigenvalue weighted by atomic mass is 19.1. The van der Waals surface area contributed by atoms with E-state index < -0.39 is 36.6 Å². The van der Waals surface area contributed by atoms with E-state index in [-0.39, 0.29) is 13.2 Å². The molecular formula is C22H26FNO5. The second kappa shape index (κ2) is 10.5. The molecule has 6 nitrogen and oxygen atoms in total. The lowest BCUT2D eigenvalue weighted by molar-refractivity contribution is -0.253. The smallest absolute Gasteiger partial charge is 0.217 e. The first-order valence-corrected chi connectivity index (χ1v) is 9.56. The third-order valence-electron chi connectivity index (χ3n) is 4.69. The van der Waals surface area contributed by atoms with Gasteiger partial charge in [-0.05, 0) is 11.1 Å². The molecule has 29 heavy (non-hydrogen) atoms. The van der Waals surface area contributed by atoms with E-state index in [1.165, 1.54) is 6.92 Å². The highest BCUT2D eigenvalue weighted by Crippen LogP contribution is 2.26. The fraction of sp³-hybridized carbons (Fsp3) is 0.409. The molecule has 0 radical (unpaired) electrons. The van der Waals surface area contributed by atoms with E-state index in [2.05, 4.69) is 5.32 Å². The zero-order valence-electron chi connectivity index (χ0n) is 16.2. The number of carbonyl (C=O) groups excluding carboxylic acids is 1. The fourth-order valence-corrected chi connectivity index (χ4v) is 3.26. The molecule has 1 amide bonds. The summed E-state index contributed by atoms with van der Waals surface area (Å²) in [5, 5.41) is 12.9. The van der Waals surface area contributed by atoms with Crippen LogP contribution in [0.25, 0.3) is 0 Å². The molecule has 0 bridgehead atoms. The maximum atomic E-state index is 15.2. The summed E-state index contributed by atoms with van der Waals surface area (Å²) in [6.45, 7) is 1.69. The molecule has 1 heterocycles. The fourth-order valence-electron chi connectivity index (χ4n) is 3.26. The van der Waals surface area contributed by atoms with Gasteiger partial charge in [-0.1, -0.05) is 60.7 Å². The van der Waals surface area contributed by atoms with E-state index in [4.69, 9.17) is 14.2 Å². The molecular weight excluding hydrogens is 377 g/mol. The third kappa shape index (κ3) is 6.08. The van der Waals surface area contributed by atoms with Gasteiger partial charge in [0.25, 0.3) is 0 Å². The van der Waals surface area contributed by atoms with Gasteiger partial charge < -0.3 is 24.6 Å². The first-order valence-electron chi connectivity index (χ1n) is 9.56. The molecule has 5 atom stereocenters. The van der Waals surface area contributed by atoms with Crippen LogP contribution in [0.5, 0.6) is 0 Å². The Morgan fingerprint density at radius 2 is 1.66 bits per heavy atom. The van der Waals surface area contributed by atoms with Crippen molar-refractivity contribution in [3.8, 4) is 0 Å². The molecule has 2 aromatic carbocycles. The Kier molecular flexibility index (Phi) is 7.71. The van der Waals surface area contributed by atoms with Gasteiger partial charge in [-0.2, -0.15) is 0 Å². The Morgan fingerprint density at radius 3 is 2.24 bits per heavy atom. The van der Waals surface area contributed by atoms with Crippen molar-refractivity contribution >= 4 is 5.91 Å². The number of rotatable bonds is 8. The largest absolute Gasteiger partial charge is 0.374 e. The highest BCUT2D eigenvalue weighted by molar-refractivity contribution is 5.73. The summed E-state index contributed by atoms with van der Waals surface area (Å²) in [7, 11) is 0. The normalized spacial score (nSPS) is 26.8. The van der Waals surface area contributed by atoms with Gasteiger partial charge in [0.15, 0.2) is 12.5 Å². The van der Waals surface area contributed by atoms with Crippen LogP contribution in [0.1, 0.15) is 18.1 Å². The van der Waals surface area contributed by atoms with E-state index >= 15 is 4.39 Å². The maximum Gasteiger partial charge on any atom is 0.217 e. The first-order chi connectivity index (χ1) is 14.0. The number of nitrogens with one attached hydrogen (secondary N) is 1. The lowest BCUT2D eigenvalue weighted by Crippen LogP contribution is -2.63. The number of amides is 1. The zero-order valence-corrected chi connectivity index (χ0v) is 16.2. The highest BCUT2D eigenvalue weighted by Gasteiger charge is 2.47. The molecule has 156 valence electrons. The summed E-state index contributed by atoms with van der Waals surface area (Å²) in [5.74, 6) is -0.406. The molecule has 2 N–H and O–H groups in total. The number of carbonyl (C=O) groups is 1. The van der Waals surface area contributed by atoms with Gasteiger partial charge in [-0.25, -0.2) is 4.39 Å². The van der Waals surface area contributed by atoms with Gasteiger partial charge in [0.05, 0.1) is 19.8 Å². The summed E-state index contributed by atoms with van der Waals surface area (Å²) >= 11 is 0. The number of aliphatic hydroxyl groups excluding tert-OH is 1. The predicted octanol–water partition coefficient (Wildman–Crippen LogP) is 2.35. The zero-order chi connectivity index (χ0) is 20.6. The van der Waals surface area contributed by atoms with Gasteiger partial charge in [-0.3, -0.25) is 4.79 Å². The summed E-state index contributed by atoms with van der Waals surface area (Å²) in [4.78, 5) is 11.5. The molecule has 3 rings (SSSR count). The molecule has 1 aliphatic rings. The van der Waals surface area contributed by atoms with E-state index in [1.807, 2.05) is 60.7 Å². The molecule has 0 spiro atoms. The average molecular weight is 403 g/mol. The number of alkyl halides is 1. The van der Waals surface area contributed by atoms with Crippen LogP contribution in [0.2, 0.25) is 0 Å². The van der Waals surface area contributed by atoms with Gasteiger partial charge >= 0.3 is 0 Å².